The number of benzene rings is 2. The lowest BCUT2D eigenvalue weighted by atomic mass is 10.1. The van der Waals surface area contributed by atoms with Crippen molar-refractivity contribution < 1.29 is 9.18 Å². The van der Waals surface area contributed by atoms with Crippen molar-refractivity contribution in [3.63, 3.8) is 0 Å². The molecule has 2 aromatic carbocycles. The number of carbonyl (C=O) groups is 1. The van der Waals surface area contributed by atoms with Crippen LogP contribution in [0.5, 0.6) is 0 Å². The van der Waals surface area contributed by atoms with Gasteiger partial charge < -0.3 is 11.1 Å². The molecule has 3 N–H and O–H groups in total. The van der Waals surface area contributed by atoms with Crippen LogP contribution in [0, 0.1) is 26.6 Å². The van der Waals surface area contributed by atoms with Crippen LogP contribution in [-0.4, -0.2) is 5.91 Å². The minimum Gasteiger partial charge on any atom is -0.398 e. The number of nitrogen functional groups attached to an aromatic ring is 1. The number of anilines is 2. The molecule has 1 amide bonds. The summed E-state index contributed by atoms with van der Waals surface area (Å²) >= 11 is 0. The molecular formula is C16H17FN2O. The SMILES string of the molecule is Cc1cc(C(=O)Nc2c(C)ccc(N)c2C)ccc1F. The lowest BCUT2D eigenvalue weighted by molar-refractivity contribution is 0.102. The number of amides is 1. The van der Waals surface area contributed by atoms with Gasteiger partial charge in [0.25, 0.3) is 5.91 Å². The summed E-state index contributed by atoms with van der Waals surface area (Å²) in [5.41, 5.74) is 9.81. The second-order valence-electron chi connectivity index (χ2n) is 4.89. The first-order chi connectivity index (χ1) is 9.40. The predicted molar refractivity (Wildman–Crippen MR) is 79.4 cm³/mol. The molecule has 0 atom stereocenters. The van der Waals surface area contributed by atoms with E-state index in [-0.39, 0.29) is 11.7 Å². The zero-order valence-electron chi connectivity index (χ0n) is 11.8. The highest BCUT2D eigenvalue weighted by Gasteiger charge is 2.12. The predicted octanol–water partition coefficient (Wildman–Crippen LogP) is 3.59. The maximum absolute atomic E-state index is 13.2. The number of halogens is 1. The van der Waals surface area contributed by atoms with Crippen LogP contribution in [0.4, 0.5) is 15.8 Å². The molecule has 4 heteroatoms. The molecule has 0 radical (unpaired) electrons. The van der Waals surface area contributed by atoms with Gasteiger partial charge in [-0.2, -0.15) is 0 Å². The molecule has 0 heterocycles. The monoisotopic (exact) mass is 272 g/mol. The fraction of sp³-hybridized carbons (Fsp3) is 0.188. The maximum Gasteiger partial charge on any atom is 0.255 e. The lowest BCUT2D eigenvalue weighted by Crippen LogP contribution is -2.14. The second-order valence-corrected chi connectivity index (χ2v) is 4.89. The normalized spacial score (nSPS) is 10.4. The Labute approximate surface area is 117 Å². The van der Waals surface area contributed by atoms with E-state index in [2.05, 4.69) is 5.32 Å². The molecule has 0 aliphatic rings. The largest absolute Gasteiger partial charge is 0.398 e. The Morgan fingerprint density at radius 2 is 1.80 bits per heavy atom. The molecule has 3 nitrogen and oxygen atoms in total. The molecule has 0 aromatic heterocycles. The van der Waals surface area contributed by atoms with E-state index in [1.165, 1.54) is 18.2 Å². The summed E-state index contributed by atoms with van der Waals surface area (Å²) < 4.78 is 13.2. The number of aryl methyl sites for hydroxylation is 2. The minimum atomic E-state index is -0.321. The average Bonchev–Trinajstić information content (AvgIpc) is 2.42. The first-order valence-electron chi connectivity index (χ1n) is 6.33. The van der Waals surface area contributed by atoms with Gasteiger partial charge in [0.1, 0.15) is 5.82 Å². The van der Waals surface area contributed by atoms with Gasteiger partial charge in [-0.3, -0.25) is 4.79 Å². The summed E-state index contributed by atoms with van der Waals surface area (Å²) in [4.78, 5) is 12.2. The van der Waals surface area contributed by atoms with Crippen LogP contribution in [0.15, 0.2) is 30.3 Å². The lowest BCUT2D eigenvalue weighted by Gasteiger charge is -2.13. The smallest absolute Gasteiger partial charge is 0.255 e. The molecule has 2 aromatic rings. The van der Waals surface area contributed by atoms with Gasteiger partial charge in [-0.05, 0) is 61.7 Å². The molecule has 0 spiro atoms. The van der Waals surface area contributed by atoms with E-state index in [9.17, 15) is 9.18 Å². The van der Waals surface area contributed by atoms with E-state index >= 15 is 0 Å². The number of hydrogen-bond donors (Lipinski definition) is 2. The molecule has 0 saturated heterocycles. The van der Waals surface area contributed by atoms with Gasteiger partial charge in [-0.1, -0.05) is 6.07 Å². The number of rotatable bonds is 2. The highest BCUT2D eigenvalue weighted by Crippen LogP contribution is 2.25. The molecule has 0 aliphatic heterocycles. The second kappa shape index (κ2) is 5.33. The quantitative estimate of drug-likeness (QED) is 0.821. The summed E-state index contributed by atoms with van der Waals surface area (Å²) in [6.07, 6.45) is 0. The van der Waals surface area contributed by atoms with E-state index in [4.69, 9.17) is 5.73 Å². The summed E-state index contributed by atoms with van der Waals surface area (Å²) in [6, 6.07) is 7.95. The summed E-state index contributed by atoms with van der Waals surface area (Å²) in [6.45, 7) is 5.38. The molecule has 2 rings (SSSR count). The van der Waals surface area contributed by atoms with Crippen LogP contribution in [0.25, 0.3) is 0 Å². The average molecular weight is 272 g/mol. The number of nitrogens with two attached hydrogens (primary N) is 1. The first-order valence-corrected chi connectivity index (χ1v) is 6.33. The van der Waals surface area contributed by atoms with Crippen molar-refractivity contribution in [3.8, 4) is 0 Å². The van der Waals surface area contributed by atoms with Crippen molar-refractivity contribution in [1.29, 1.82) is 0 Å². The zero-order valence-corrected chi connectivity index (χ0v) is 11.8. The van der Waals surface area contributed by atoms with Gasteiger partial charge in [0.15, 0.2) is 0 Å². The molecular weight excluding hydrogens is 255 g/mol. The van der Waals surface area contributed by atoms with Gasteiger partial charge in [0.2, 0.25) is 0 Å². The van der Waals surface area contributed by atoms with E-state index in [1.807, 2.05) is 26.0 Å². The molecule has 20 heavy (non-hydrogen) atoms. The van der Waals surface area contributed by atoms with Crippen LogP contribution in [0.2, 0.25) is 0 Å². The fourth-order valence-electron chi connectivity index (χ4n) is 2.03. The van der Waals surface area contributed by atoms with Crippen LogP contribution in [-0.2, 0) is 0 Å². The molecule has 0 bridgehead atoms. The van der Waals surface area contributed by atoms with Crippen LogP contribution in [0.1, 0.15) is 27.0 Å². The molecule has 104 valence electrons. The van der Waals surface area contributed by atoms with Crippen LogP contribution >= 0.6 is 0 Å². The van der Waals surface area contributed by atoms with E-state index in [0.29, 0.717) is 22.5 Å². The Kier molecular flexibility index (Phi) is 3.74. The molecule has 0 fully saturated rings. The standard InChI is InChI=1S/C16H17FN2O/c1-9-4-7-14(18)11(3)15(9)19-16(20)12-5-6-13(17)10(2)8-12/h4-8H,18H2,1-3H3,(H,19,20). The Bertz CT molecular complexity index is 680. The molecule has 0 saturated carbocycles. The number of hydrogen-bond acceptors (Lipinski definition) is 2. The molecule has 0 unspecified atom stereocenters. The Hall–Kier alpha value is -2.36. The summed E-state index contributed by atoms with van der Waals surface area (Å²) in [5, 5.41) is 2.84. The van der Waals surface area contributed by atoms with Crippen molar-refractivity contribution >= 4 is 17.3 Å². The first kappa shape index (κ1) is 14.1. The number of nitrogens with one attached hydrogen (secondary N) is 1. The van der Waals surface area contributed by atoms with Crippen molar-refractivity contribution in [3.05, 3.63) is 58.4 Å². The third kappa shape index (κ3) is 2.64. The Morgan fingerprint density at radius 3 is 2.45 bits per heavy atom. The maximum atomic E-state index is 13.2. The van der Waals surface area contributed by atoms with Gasteiger partial charge in [0, 0.05) is 16.9 Å². The third-order valence-electron chi connectivity index (χ3n) is 3.37. The van der Waals surface area contributed by atoms with Crippen molar-refractivity contribution in [2.45, 2.75) is 20.8 Å². The highest BCUT2D eigenvalue weighted by molar-refractivity contribution is 6.05. The van der Waals surface area contributed by atoms with Crippen LogP contribution < -0.4 is 11.1 Å². The number of carbonyl (C=O) groups excluding carboxylic acids is 1. The zero-order chi connectivity index (χ0) is 14.9. The summed E-state index contributed by atoms with van der Waals surface area (Å²) in [5.74, 6) is -0.595. The van der Waals surface area contributed by atoms with Gasteiger partial charge in [-0.15, -0.1) is 0 Å². The van der Waals surface area contributed by atoms with Gasteiger partial charge in [-0.25, -0.2) is 4.39 Å². The van der Waals surface area contributed by atoms with Crippen molar-refractivity contribution in [2.24, 2.45) is 0 Å². The van der Waals surface area contributed by atoms with Crippen LogP contribution in [0.3, 0.4) is 0 Å². The summed E-state index contributed by atoms with van der Waals surface area (Å²) in [7, 11) is 0. The Balaban J connectivity index is 2.32. The van der Waals surface area contributed by atoms with E-state index < -0.39 is 0 Å². The topological polar surface area (TPSA) is 55.1 Å². The van der Waals surface area contributed by atoms with Gasteiger partial charge in [0.05, 0.1) is 0 Å². The fourth-order valence-corrected chi connectivity index (χ4v) is 2.03. The highest BCUT2D eigenvalue weighted by atomic mass is 19.1. The van der Waals surface area contributed by atoms with E-state index in [1.54, 1.807) is 6.92 Å². The van der Waals surface area contributed by atoms with Crippen molar-refractivity contribution in [2.75, 3.05) is 11.1 Å². The molecule has 0 aliphatic carbocycles. The Morgan fingerprint density at radius 1 is 1.10 bits per heavy atom. The minimum absolute atomic E-state index is 0.273. The van der Waals surface area contributed by atoms with Gasteiger partial charge >= 0.3 is 0 Å². The third-order valence-corrected chi connectivity index (χ3v) is 3.37. The van der Waals surface area contributed by atoms with Crippen molar-refractivity contribution in [1.82, 2.24) is 0 Å². The van der Waals surface area contributed by atoms with E-state index in [0.717, 1.165) is 11.1 Å².